The molecule has 6 nitrogen and oxygen atoms in total. The number of rotatable bonds is 1. The summed E-state index contributed by atoms with van der Waals surface area (Å²) >= 11 is 0. The number of hydrogen-bond acceptors (Lipinski definition) is 5. The van der Waals surface area contributed by atoms with Crippen LogP contribution in [-0.2, 0) is 10.2 Å². The average Bonchev–Trinajstić information content (AvgIpc) is 3.23. The highest BCUT2D eigenvalue weighted by Gasteiger charge is 2.57. The number of anilines is 1. The summed E-state index contributed by atoms with van der Waals surface area (Å²) in [4.78, 5) is 14.5. The predicted octanol–water partition coefficient (Wildman–Crippen LogP) is 1.39. The number of aliphatic hydroxyl groups excluding tert-OH is 1. The number of amides is 1. The Bertz CT molecular complexity index is 849. The smallest absolute Gasteiger partial charge is 0.247 e. The van der Waals surface area contributed by atoms with Crippen molar-refractivity contribution in [1.29, 1.82) is 0 Å². The molecule has 116 valence electrons. The van der Waals surface area contributed by atoms with Crippen molar-refractivity contribution >= 4 is 11.6 Å². The number of fused-ring (bicyclic) bond motifs is 5. The van der Waals surface area contributed by atoms with Crippen LogP contribution in [0.2, 0.25) is 0 Å². The van der Waals surface area contributed by atoms with Gasteiger partial charge >= 0.3 is 0 Å². The van der Waals surface area contributed by atoms with E-state index in [9.17, 15) is 9.90 Å². The van der Waals surface area contributed by atoms with Gasteiger partial charge in [-0.15, -0.1) is 0 Å². The zero-order valence-electron chi connectivity index (χ0n) is 12.1. The number of para-hydroxylation sites is 1. The van der Waals surface area contributed by atoms with Gasteiger partial charge in [-0.05, 0) is 17.7 Å². The Hall–Kier alpha value is -2.73. The Morgan fingerprint density at radius 3 is 2.65 bits per heavy atom. The Kier molecular flexibility index (Phi) is 2.32. The van der Waals surface area contributed by atoms with Gasteiger partial charge in [0, 0.05) is 11.6 Å². The molecule has 3 aliphatic rings. The maximum atomic E-state index is 13.1. The van der Waals surface area contributed by atoms with Gasteiger partial charge in [-0.3, -0.25) is 9.69 Å². The van der Waals surface area contributed by atoms with Crippen molar-refractivity contribution < 1.29 is 24.1 Å². The Balaban J connectivity index is 1.78. The molecule has 2 aromatic carbocycles. The average molecular weight is 311 g/mol. The molecule has 0 aromatic heterocycles. The normalized spacial score (nSPS) is 23.2. The quantitative estimate of drug-likeness (QED) is 0.862. The number of ether oxygens (including phenoxy) is 3. The molecule has 0 saturated carbocycles. The van der Waals surface area contributed by atoms with Crippen LogP contribution in [0.4, 0.5) is 5.69 Å². The van der Waals surface area contributed by atoms with Crippen LogP contribution in [0.15, 0.2) is 36.4 Å². The van der Waals surface area contributed by atoms with E-state index in [1.54, 1.807) is 6.07 Å². The summed E-state index contributed by atoms with van der Waals surface area (Å²) in [5.41, 5.74) is 1.39. The molecule has 0 bridgehead atoms. The van der Waals surface area contributed by atoms with Gasteiger partial charge in [0.1, 0.15) is 24.5 Å². The molecule has 0 saturated heterocycles. The largest absolute Gasteiger partial charge is 0.491 e. The van der Waals surface area contributed by atoms with E-state index in [4.69, 9.17) is 14.2 Å². The topological polar surface area (TPSA) is 68.2 Å². The van der Waals surface area contributed by atoms with E-state index >= 15 is 0 Å². The van der Waals surface area contributed by atoms with Crippen molar-refractivity contribution in [1.82, 2.24) is 0 Å². The van der Waals surface area contributed by atoms with Gasteiger partial charge in [0.2, 0.25) is 12.7 Å². The number of carbonyl (C=O) groups is 1. The van der Waals surface area contributed by atoms with E-state index in [0.717, 1.165) is 11.1 Å². The summed E-state index contributed by atoms with van der Waals surface area (Å²) < 4.78 is 16.6. The van der Waals surface area contributed by atoms with Crippen molar-refractivity contribution in [2.45, 2.75) is 5.41 Å². The van der Waals surface area contributed by atoms with Crippen LogP contribution in [0.25, 0.3) is 0 Å². The van der Waals surface area contributed by atoms with E-state index in [-0.39, 0.29) is 26.0 Å². The van der Waals surface area contributed by atoms with Crippen LogP contribution in [-0.4, -0.2) is 31.1 Å². The summed E-state index contributed by atoms with van der Waals surface area (Å²) in [6, 6.07) is 11.1. The van der Waals surface area contributed by atoms with Crippen molar-refractivity contribution in [3.05, 3.63) is 47.5 Å². The summed E-state index contributed by atoms with van der Waals surface area (Å²) in [6.45, 7) is 0.00752. The predicted molar refractivity (Wildman–Crippen MR) is 79.9 cm³/mol. The van der Waals surface area contributed by atoms with E-state index in [1.807, 2.05) is 30.3 Å². The Morgan fingerprint density at radius 2 is 1.83 bits per heavy atom. The summed E-state index contributed by atoms with van der Waals surface area (Å²) in [6.07, 6.45) is 0. The first-order valence-corrected chi connectivity index (χ1v) is 7.35. The molecule has 0 aliphatic carbocycles. The number of carbonyl (C=O) groups excluding carboxylic acids is 1. The molecule has 3 aliphatic heterocycles. The summed E-state index contributed by atoms with van der Waals surface area (Å²) in [7, 11) is 0. The fraction of sp³-hybridized carbons (Fsp3) is 0.235. The first kappa shape index (κ1) is 12.8. The lowest BCUT2D eigenvalue weighted by Crippen LogP contribution is -2.42. The molecular formula is C17H13NO5. The highest BCUT2D eigenvalue weighted by molar-refractivity contribution is 6.11. The van der Waals surface area contributed by atoms with Gasteiger partial charge in [0.05, 0.1) is 5.69 Å². The highest BCUT2D eigenvalue weighted by atomic mass is 16.7. The summed E-state index contributed by atoms with van der Waals surface area (Å²) in [5.74, 6) is 1.68. The number of benzene rings is 2. The molecule has 23 heavy (non-hydrogen) atoms. The van der Waals surface area contributed by atoms with Gasteiger partial charge < -0.3 is 19.3 Å². The maximum Gasteiger partial charge on any atom is 0.247 e. The molecule has 0 fully saturated rings. The Morgan fingerprint density at radius 1 is 1.04 bits per heavy atom. The zero-order chi connectivity index (χ0) is 15.6. The lowest BCUT2D eigenvalue weighted by atomic mass is 9.77. The van der Waals surface area contributed by atoms with E-state index in [1.165, 1.54) is 4.90 Å². The van der Waals surface area contributed by atoms with Crippen LogP contribution in [0.5, 0.6) is 17.2 Å². The second kappa shape index (κ2) is 4.17. The van der Waals surface area contributed by atoms with Gasteiger partial charge in [0.25, 0.3) is 0 Å². The third-order valence-corrected chi connectivity index (χ3v) is 4.79. The van der Waals surface area contributed by atoms with Gasteiger partial charge in [0.15, 0.2) is 11.5 Å². The molecule has 1 N–H and O–H groups in total. The molecule has 1 spiro atoms. The van der Waals surface area contributed by atoms with Crippen LogP contribution in [0, 0.1) is 0 Å². The third-order valence-electron chi connectivity index (χ3n) is 4.79. The zero-order valence-corrected chi connectivity index (χ0v) is 12.1. The van der Waals surface area contributed by atoms with Crippen LogP contribution >= 0.6 is 0 Å². The highest BCUT2D eigenvalue weighted by Crippen LogP contribution is 2.54. The number of aliphatic hydroxyl groups is 1. The molecule has 3 heterocycles. The monoisotopic (exact) mass is 311 g/mol. The minimum atomic E-state index is -0.935. The molecule has 2 aromatic rings. The van der Waals surface area contributed by atoms with Crippen molar-refractivity contribution in [2.75, 3.05) is 25.0 Å². The second-order valence-corrected chi connectivity index (χ2v) is 5.79. The van der Waals surface area contributed by atoms with Crippen molar-refractivity contribution in [3.8, 4) is 17.2 Å². The molecule has 1 amide bonds. The number of nitrogens with zero attached hydrogens (tertiary/aromatic N) is 1. The molecule has 6 heteroatoms. The number of hydrogen-bond donors (Lipinski definition) is 1. The minimum absolute atomic E-state index is 0.165. The fourth-order valence-corrected chi connectivity index (χ4v) is 3.71. The molecule has 1 atom stereocenters. The van der Waals surface area contributed by atoms with Crippen LogP contribution in [0.1, 0.15) is 11.1 Å². The van der Waals surface area contributed by atoms with Gasteiger partial charge in [-0.1, -0.05) is 18.2 Å². The molecule has 0 radical (unpaired) electrons. The first-order valence-electron chi connectivity index (χ1n) is 7.35. The SMILES string of the molecule is O=C1N(CO)c2ccccc2[C@@]12COc1cc3c(cc12)OCO3. The van der Waals surface area contributed by atoms with Crippen molar-refractivity contribution in [3.63, 3.8) is 0 Å². The van der Waals surface area contributed by atoms with Gasteiger partial charge in [-0.25, -0.2) is 0 Å². The fourth-order valence-electron chi connectivity index (χ4n) is 3.71. The second-order valence-electron chi connectivity index (χ2n) is 5.79. The summed E-state index contributed by atoms with van der Waals surface area (Å²) in [5, 5.41) is 9.65. The van der Waals surface area contributed by atoms with Crippen LogP contribution < -0.4 is 19.1 Å². The molecule has 0 unspecified atom stereocenters. The van der Waals surface area contributed by atoms with Crippen LogP contribution in [0.3, 0.4) is 0 Å². The van der Waals surface area contributed by atoms with E-state index in [2.05, 4.69) is 0 Å². The van der Waals surface area contributed by atoms with Crippen molar-refractivity contribution in [2.24, 2.45) is 0 Å². The molecular weight excluding hydrogens is 298 g/mol. The van der Waals surface area contributed by atoms with Gasteiger partial charge in [-0.2, -0.15) is 0 Å². The Labute approximate surface area is 131 Å². The maximum absolute atomic E-state index is 13.1. The van der Waals surface area contributed by atoms with E-state index in [0.29, 0.717) is 22.9 Å². The third kappa shape index (κ3) is 1.39. The lowest BCUT2D eigenvalue weighted by Gasteiger charge is -2.22. The molecule has 5 rings (SSSR count). The van der Waals surface area contributed by atoms with E-state index < -0.39 is 5.41 Å². The first-order chi connectivity index (χ1) is 11.3. The lowest BCUT2D eigenvalue weighted by molar-refractivity contribution is -0.122. The minimum Gasteiger partial charge on any atom is -0.491 e. The standard InChI is InChI=1S/C17H13NO5/c19-8-18-12-4-2-1-3-10(12)17(16(18)20)7-21-13-6-15-14(5-11(13)17)22-9-23-15/h1-6,19H,7-9H2/t17-/m1/s1.